The minimum Gasteiger partial charge on any atom is -0.444 e. The number of rotatable bonds is 5. The summed E-state index contributed by atoms with van der Waals surface area (Å²) in [7, 11) is 1.54. The monoisotopic (exact) mass is 328 g/mol. The summed E-state index contributed by atoms with van der Waals surface area (Å²) in [5.41, 5.74) is -0.580. The molecule has 7 heteroatoms. The predicted octanol–water partition coefficient (Wildman–Crippen LogP) is 1.45. The summed E-state index contributed by atoms with van der Waals surface area (Å²) in [6.45, 7) is 8.27. The first-order valence-electron chi connectivity index (χ1n) is 7.91. The maximum absolute atomic E-state index is 12.4. The van der Waals surface area contributed by atoms with Gasteiger partial charge in [-0.2, -0.15) is 0 Å². The maximum atomic E-state index is 12.4. The van der Waals surface area contributed by atoms with Crippen LogP contribution in [-0.4, -0.2) is 72.6 Å². The SMILES string of the molecule is COC[C@@H](CC=O)N1C[C@H](C)N(C(=O)OC(C)(C)C)CCC1=O. The van der Waals surface area contributed by atoms with E-state index >= 15 is 0 Å². The third-order valence-corrected chi connectivity index (χ3v) is 3.68. The van der Waals surface area contributed by atoms with Crippen molar-refractivity contribution in [2.45, 2.75) is 58.2 Å². The van der Waals surface area contributed by atoms with E-state index in [0.29, 0.717) is 19.7 Å². The summed E-state index contributed by atoms with van der Waals surface area (Å²) < 4.78 is 10.5. The molecule has 0 aromatic rings. The van der Waals surface area contributed by atoms with E-state index in [4.69, 9.17) is 9.47 Å². The van der Waals surface area contributed by atoms with Gasteiger partial charge in [0.2, 0.25) is 5.91 Å². The Morgan fingerprint density at radius 3 is 2.61 bits per heavy atom. The average molecular weight is 328 g/mol. The number of carbonyl (C=O) groups excluding carboxylic acids is 3. The second-order valence-corrected chi connectivity index (χ2v) is 6.83. The lowest BCUT2D eigenvalue weighted by atomic mass is 10.1. The van der Waals surface area contributed by atoms with Crippen molar-refractivity contribution in [2.24, 2.45) is 0 Å². The molecule has 2 amide bonds. The maximum Gasteiger partial charge on any atom is 0.410 e. The van der Waals surface area contributed by atoms with Crippen molar-refractivity contribution in [3.8, 4) is 0 Å². The number of nitrogens with zero attached hydrogens (tertiary/aromatic N) is 2. The van der Waals surface area contributed by atoms with Crippen LogP contribution < -0.4 is 0 Å². The first-order valence-corrected chi connectivity index (χ1v) is 7.91. The lowest BCUT2D eigenvalue weighted by Crippen LogP contribution is -2.48. The van der Waals surface area contributed by atoms with Crippen molar-refractivity contribution in [1.82, 2.24) is 9.80 Å². The lowest BCUT2D eigenvalue weighted by Gasteiger charge is -2.33. The molecule has 0 unspecified atom stereocenters. The van der Waals surface area contributed by atoms with Crippen molar-refractivity contribution in [3.63, 3.8) is 0 Å². The molecule has 7 nitrogen and oxygen atoms in total. The van der Waals surface area contributed by atoms with Gasteiger partial charge in [0.15, 0.2) is 0 Å². The molecule has 23 heavy (non-hydrogen) atoms. The fraction of sp³-hybridized carbons (Fsp3) is 0.812. The van der Waals surface area contributed by atoms with Crippen LogP contribution in [0.1, 0.15) is 40.5 Å². The summed E-state index contributed by atoms with van der Waals surface area (Å²) >= 11 is 0. The summed E-state index contributed by atoms with van der Waals surface area (Å²) in [6.07, 6.45) is 0.804. The number of hydrogen-bond acceptors (Lipinski definition) is 5. The minimum absolute atomic E-state index is 0.0770. The molecule has 0 spiro atoms. The molecule has 0 radical (unpaired) electrons. The molecule has 1 fully saturated rings. The summed E-state index contributed by atoms with van der Waals surface area (Å²) in [5.74, 6) is -0.0770. The molecule has 0 N–H and O–H groups in total. The van der Waals surface area contributed by atoms with Gasteiger partial charge in [0.05, 0.1) is 12.6 Å². The Morgan fingerprint density at radius 2 is 2.09 bits per heavy atom. The van der Waals surface area contributed by atoms with Gasteiger partial charge >= 0.3 is 6.09 Å². The van der Waals surface area contributed by atoms with Crippen LogP contribution in [0.5, 0.6) is 0 Å². The highest BCUT2D eigenvalue weighted by atomic mass is 16.6. The Labute approximate surface area is 137 Å². The van der Waals surface area contributed by atoms with Gasteiger partial charge in [-0.3, -0.25) is 4.79 Å². The summed E-state index contributed by atoms with van der Waals surface area (Å²) in [4.78, 5) is 38.8. The molecular weight excluding hydrogens is 300 g/mol. The van der Waals surface area contributed by atoms with Crippen molar-refractivity contribution in [1.29, 1.82) is 0 Å². The molecule has 1 aliphatic rings. The summed E-state index contributed by atoms with van der Waals surface area (Å²) in [5, 5.41) is 0. The standard InChI is InChI=1S/C16H28N2O5/c1-12-10-18(13(7-9-19)11-22-5)14(20)6-8-17(12)15(21)23-16(2,3)4/h9,12-13H,6-8,10-11H2,1-5H3/t12-,13+/m0/s1. The van der Waals surface area contributed by atoms with Crippen molar-refractivity contribution >= 4 is 18.3 Å². The van der Waals surface area contributed by atoms with Crippen molar-refractivity contribution < 1.29 is 23.9 Å². The largest absolute Gasteiger partial charge is 0.444 e. The van der Waals surface area contributed by atoms with Crippen LogP contribution in [0.25, 0.3) is 0 Å². The highest BCUT2D eigenvalue weighted by molar-refractivity contribution is 5.79. The number of methoxy groups -OCH3 is 1. The Balaban J connectivity index is 2.85. The number of amides is 2. The molecule has 1 aliphatic heterocycles. The Bertz CT molecular complexity index is 433. The van der Waals surface area contributed by atoms with E-state index in [1.165, 1.54) is 7.11 Å². The van der Waals surface area contributed by atoms with Crippen LogP contribution in [0, 0.1) is 0 Å². The van der Waals surface area contributed by atoms with Crippen LogP contribution in [0.2, 0.25) is 0 Å². The van der Waals surface area contributed by atoms with E-state index in [2.05, 4.69) is 0 Å². The zero-order valence-corrected chi connectivity index (χ0v) is 14.7. The normalized spacial score (nSPS) is 20.9. The van der Waals surface area contributed by atoms with Crippen LogP contribution in [-0.2, 0) is 19.1 Å². The smallest absolute Gasteiger partial charge is 0.410 e. The van der Waals surface area contributed by atoms with E-state index in [-0.39, 0.29) is 30.8 Å². The number of carbonyl (C=O) groups is 3. The molecule has 1 rings (SSSR count). The van der Waals surface area contributed by atoms with E-state index in [0.717, 1.165) is 6.29 Å². The fourth-order valence-corrected chi connectivity index (χ4v) is 2.60. The first kappa shape index (κ1) is 19.4. The van der Waals surface area contributed by atoms with Gasteiger partial charge < -0.3 is 24.1 Å². The van der Waals surface area contributed by atoms with Gasteiger partial charge in [-0.05, 0) is 27.7 Å². The second-order valence-electron chi connectivity index (χ2n) is 6.83. The topological polar surface area (TPSA) is 76.2 Å². The molecule has 1 saturated heterocycles. The minimum atomic E-state index is -0.580. The molecule has 0 aromatic carbocycles. The van der Waals surface area contributed by atoms with Gasteiger partial charge in [-0.25, -0.2) is 4.79 Å². The Kier molecular flexibility index (Phi) is 7.00. The second kappa shape index (κ2) is 8.29. The third-order valence-electron chi connectivity index (χ3n) is 3.68. The number of aldehydes is 1. The van der Waals surface area contributed by atoms with Gasteiger partial charge in [0, 0.05) is 39.1 Å². The number of hydrogen-bond donors (Lipinski definition) is 0. The molecular formula is C16H28N2O5. The van der Waals surface area contributed by atoms with Crippen LogP contribution in [0.15, 0.2) is 0 Å². The average Bonchev–Trinajstić information content (AvgIpc) is 2.56. The molecule has 0 aliphatic carbocycles. The molecule has 0 aromatic heterocycles. The van der Waals surface area contributed by atoms with E-state index in [1.54, 1.807) is 9.80 Å². The summed E-state index contributed by atoms with van der Waals surface area (Å²) in [6, 6.07) is -0.492. The van der Waals surface area contributed by atoms with E-state index < -0.39 is 11.7 Å². The molecule has 0 saturated carbocycles. The number of ether oxygens (including phenoxy) is 2. The van der Waals surface area contributed by atoms with E-state index in [1.807, 2.05) is 27.7 Å². The predicted molar refractivity (Wildman–Crippen MR) is 85.1 cm³/mol. The lowest BCUT2D eigenvalue weighted by molar-refractivity contribution is -0.134. The van der Waals surface area contributed by atoms with Crippen molar-refractivity contribution in [2.75, 3.05) is 26.8 Å². The zero-order valence-electron chi connectivity index (χ0n) is 14.7. The van der Waals surface area contributed by atoms with Crippen LogP contribution in [0.3, 0.4) is 0 Å². The van der Waals surface area contributed by atoms with Crippen LogP contribution in [0.4, 0.5) is 4.79 Å². The van der Waals surface area contributed by atoms with Gasteiger partial charge in [0.1, 0.15) is 11.9 Å². The first-order chi connectivity index (χ1) is 10.7. The Hall–Kier alpha value is -1.63. The quantitative estimate of drug-likeness (QED) is 0.714. The Morgan fingerprint density at radius 1 is 1.43 bits per heavy atom. The van der Waals surface area contributed by atoms with Gasteiger partial charge in [-0.1, -0.05) is 0 Å². The highest BCUT2D eigenvalue weighted by Crippen LogP contribution is 2.18. The van der Waals surface area contributed by atoms with Crippen LogP contribution >= 0.6 is 0 Å². The van der Waals surface area contributed by atoms with Gasteiger partial charge in [-0.15, -0.1) is 0 Å². The van der Waals surface area contributed by atoms with Gasteiger partial charge in [0.25, 0.3) is 0 Å². The third kappa shape index (κ3) is 5.82. The molecule has 132 valence electrons. The molecule has 0 bridgehead atoms. The molecule has 1 heterocycles. The molecule has 2 atom stereocenters. The van der Waals surface area contributed by atoms with Crippen molar-refractivity contribution in [3.05, 3.63) is 0 Å². The fourth-order valence-electron chi connectivity index (χ4n) is 2.60. The van der Waals surface area contributed by atoms with E-state index in [9.17, 15) is 14.4 Å². The zero-order chi connectivity index (χ0) is 17.6. The highest BCUT2D eigenvalue weighted by Gasteiger charge is 2.34.